The van der Waals surface area contributed by atoms with E-state index < -0.39 is 0 Å². The molecule has 2 aromatic rings. The lowest BCUT2D eigenvalue weighted by molar-refractivity contribution is 0.726. The first-order valence-corrected chi connectivity index (χ1v) is 8.08. The molecule has 3 nitrogen and oxygen atoms in total. The first-order valence-electron chi connectivity index (χ1n) is 6.72. The van der Waals surface area contributed by atoms with E-state index in [2.05, 4.69) is 41.6 Å². The first kappa shape index (κ1) is 15.4. The van der Waals surface area contributed by atoms with Crippen LogP contribution in [0.4, 0.5) is 0 Å². The lowest BCUT2D eigenvalue weighted by atomic mass is 10.2. The van der Waals surface area contributed by atoms with Crippen molar-refractivity contribution in [3.8, 4) is 0 Å². The summed E-state index contributed by atoms with van der Waals surface area (Å²) in [6.07, 6.45) is 0. The number of benzene rings is 1. The van der Waals surface area contributed by atoms with Gasteiger partial charge in [0.25, 0.3) is 0 Å². The van der Waals surface area contributed by atoms with E-state index in [1.807, 2.05) is 18.7 Å². The van der Waals surface area contributed by atoms with E-state index in [1.165, 1.54) is 10.5 Å². The molecule has 0 fully saturated rings. The highest BCUT2D eigenvalue weighted by Gasteiger charge is 2.11. The Hall–Kier alpha value is -0.970. The number of nitrogens with one attached hydrogen (secondary N) is 1. The van der Waals surface area contributed by atoms with Crippen molar-refractivity contribution in [1.82, 2.24) is 15.1 Å². The number of hydrogen-bond donors (Lipinski definition) is 1. The smallest absolute Gasteiger partial charge is 0.0855 e. The predicted octanol–water partition coefficient (Wildman–Crippen LogP) is 3.78. The maximum absolute atomic E-state index is 6.26. The van der Waals surface area contributed by atoms with E-state index in [0.717, 1.165) is 35.3 Å². The summed E-state index contributed by atoms with van der Waals surface area (Å²) in [6, 6.07) is 8.66. The fourth-order valence-electron chi connectivity index (χ4n) is 1.96. The fraction of sp³-hybridized carbons (Fsp3) is 0.400. The zero-order valence-electron chi connectivity index (χ0n) is 12.1. The zero-order chi connectivity index (χ0) is 14.5. The maximum Gasteiger partial charge on any atom is 0.0855 e. The van der Waals surface area contributed by atoms with Gasteiger partial charge in [-0.2, -0.15) is 5.10 Å². The topological polar surface area (TPSA) is 29.9 Å². The van der Waals surface area contributed by atoms with Crippen molar-refractivity contribution in [2.45, 2.75) is 31.0 Å². The van der Waals surface area contributed by atoms with E-state index in [1.54, 1.807) is 11.8 Å². The molecule has 0 unspecified atom stereocenters. The molecule has 1 aromatic carbocycles. The lowest BCUT2D eigenvalue weighted by Crippen LogP contribution is -2.11. The van der Waals surface area contributed by atoms with Crippen LogP contribution in [0.2, 0.25) is 5.02 Å². The van der Waals surface area contributed by atoms with Gasteiger partial charge in [0, 0.05) is 24.2 Å². The molecule has 108 valence electrons. The van der Waals surface area contributed by atoms with Crippen molar-refractivity contribution in [2.75, 3.05) is 6.54 Å². The number of nitrogens with zero attached hydrogens (tertiary/aromatic N) is 2. The third-order valence-corrected chi connectivity index (χ3v) is 4.65. The van der Waals surface area contributed by atoms with E-state index in [9.17, 15) is 0 Å². The average Bonchev–Trinajstić information content (AvgIpc) is 2.69. The molecule has 0 atom stereocenters. The Balaban J connectivity index is 1.97. The van der Waals surface area contributed by atoms with Crippen LogP contribution in [0.1, 0.15) is 23.9 Å². The Morgan fingerprint density at radius 2 is 2.00 bits per heavy atom. The van der Waals surface area contributed by atoms with Crippen LogP contribution in [-0.2, 0) is 19.3 Å². The third kappa shape index (κ3) is 3.78. The monoisotopic (exact) mass is 309 g/mol. The van der Waals surface area contributed by atoms with Gasteiger partial charge in [0.05, 0.1) is 16.4 Å². The standard InChI is InChI=1S/C15H20ClN3S/c1-4-17-9-12-5-7-13(8-6-12)20-10-14-15(16)11(2)18-19(14)3/h5-8,17H,4,9-10H2,1-3H3. The molecule has 5 heteroatoms. The molecule has 0 aliphatic carbocycles. The first-order chi connectivity index (χ1) is 9.61. The maximum atomic E-state index is 6.26. The molecular weight excluding hydrogens is 290 g/mol. The van der Waals surface area contributed by atoms with Gasteiger partial charge in [0.15, 0.2) is 0 Å². The molecule has 2 rings (SSSR count). The Bertz CT molecular complexity index is 563. The number of halogens is 1. The number of hydrogen-bond acceptors (Lipinski definition) is 3. The van der Waals surface area contributed by atoms with Crippen molar-refractivity contribution >= 4 is 23.4 Å². The molecule has 0 radical (unpaired) electrons. The van der Waals surface area contributed by atoms with Gasteiger partial charge in [-0.15, -0.1) is 11.8 Å². The van der Waals surface area contributed by atoms with Crippen molar-refractivity contribution in [1.29, 1.82) is 0 Å². The van der Waals surface area contributed by atoms with Gasteiger partial charge in [-0.25, -0.2) is 0 Å². The number of aryl methyl sites for hydroxylation is 2. The minimum Gasteiger partial charge on any atom is -0.313 e. The summed E-state index contributed by atoms with van der Waals surface area (Å²) in [7, 11) is 1.94. The molecule has 1 aromatic heterocycles. The van der Waals surface area contributed by atoms with Crippen LogP contribution in [0.15, 0.2) is 29.2 Å². The van der Waals surface area contributed by atoms with Crippen LogP contribution in [0.3, 0.4) is 0 Å². The van der Waals surface area contributed by atoms with E-state index in [4.69, 9.17) is 11.6 Å². The van der Waals surface area contributed by atoms with E-state index >= 15 is 0 Å². The Kier molecular flexibility index (Phi) is 5.52. The Morgan fingerprint density at radius 1 is 1.30 bits per heavy atom. The molecule has 1 heterocycles. The van der Waals surface area contributed by atoms with Crippen molar-refractivity contribution < 1.29 is 0 Å². The normalized spacial score (nSPS) is 11.0. The van der Waals surface area contributed by atoms with Gasteiger partial charge in [-0.3, -0.25) is 4.68 Å². The second kappa shape index (κ2) is 7.16. The molecule has 0 amide bonds. The van der Waals surface area contributed by atoms with Crippen LogP contribution in [0, 0.1) is 6.92 Å². The second-order valence-electron chi connectivity index (χ2n) is 4.68. The summed E-state index contributed by atoms with van der Waals surface area (Å²) in [6.45, 7) is 5.97. The summed E-state index contributed by atoms with van der Waals surface area (Å²) in [5.41, 5.74) is 3.28. The molecule has 20 heavy (non-hydrogen) atoms. The quantitative estimate of drug-likeness (QED) is 0.824. The molecule has 0 saturated heterocycles. The van der Waals surface area contributed by atoms with Gasteiger partial charge in [-0.1, -0.05) is 30.7 Å². The van der Waals surface area contributed by atoms with Gasteiger partial charge in [0.1, 0.15) is 0 Å². The van der Waals surface area contributed by atoms with Crippen LogP contribution in [0.5, 0.6) is 0 Å². The van der Waals surface area contributed by atoms with E-state index in [-0.39, 0.29) is 0 Å². The summed E-state index contributed by atoms with van der Waals surface area (Å²) in [5.74, 6) is 0.836. The minimum atomic E-state index is 0.781. The number of aromatic nitrogens is 2. The van der Waals surface area contributed by atoms with Gasteiger partial charge < -0.3 is 5.32 Å². The highest BCUT2D eigenvalue weighted by atomic mass is 35.5. The van der Waals surface area contributed by atoms with Crippen LogP contribution in [-0.4, -0.2) is 16.3 Å². The van der Waals surface area contributed by atoms with Gasteiger partial charge in [0.2, 0.25) is 0 Å². The summed E-state index contributed by atoms with van der Waals surface area (Å²) in [4.78, 5) is 1.25. The van der Waals surface area contributed by atoms with Gasteiger partial charge in [-0.05, 0) is 31.2 Å². The van der Waals surface area contributed by atoms with Crippen molar-refractivity contribution in [2.24, 2.45) is 7.05 Å². The van der Waals surface area contributed by atoms with Crippen LogP contribution < -0.4 is 5.32 Å². The molecule has 0 spiro atoms. The summed E-state index contributed by atoms with van der Waals surface area (Å²) in [5, 5.41) is 8.44. The molecular formula is C15H20ClN3S. The number of rotatable bonds is 6. The summed E-state index contributed by atoms with van der Waals surface area (Å²) >= 11 is 8.04. The van der Waals surface area contributed by atoms with Crippen molar-refractivity contribution in [3.05, 3.63) is 46.2 Å². The van der Waals surface area contributed by atoms with Crippen LogP contribution in [0.25, 0.3) is 0 Å². The Labute approximate surface area is 129 Å². The highest BCUT2D eigenvalue weighted by Crippen LogP contribution is 2.28. The van der Waals surface area contributed by atoms with Crippen LogP contribution >= 0.6 is 23.4 Å². The molecule has 0 bridgehead atoms. The predicted molar refractivity (Wildman–Crippen MR) is 86.3 cm³/mol. The highest BCUT2D eigenvalue weighted by molar-refractivity contribution is 7.98. The molecule has 0 aliphatic rings. The zero-order valence-corrected chi connectivity index (χ0v) is 13.7. The number of thioether (sulfide) groups is 1. The molecule has 0 saturated carbocycles. The summed E-state index contributed by atoms with van der Waals surface area (Å²) < 4.78 is 1.87. The Morgan fingerprint density at radius 3 is 2.55 bits per heavy atom. The average molecular weight is 310 g/mol. The second-order valence-corrected chi connectivity index (χ2v) is 6.11. The largest absolute Gasteiger partial charge is 0.313 e. The fourth-order valence-corrected chi connectivity index (χ4v) is 3.23. The van der Waals surface area contributed by atoms with Crippen molar-refractivity contribution in [3.63, 3.8) is 0 Å². The SMILES string of the molecule is CCNCc1ccc(SCc2c(Cl)c(C)nn2C)cc1. The third-order valence-electron chi connectivity index (χ3n) is 3.14. The van der Waals surface area contributed by atoms with Gasteiger partial charge >= 0.3 is 0 Å². The van der Waals surface area contributed by atoms with E-state index in [0.29, 0.717) is 0 Å². The lowest BCUT2D eigenvalue weighted by Gasteiger charge is -2.05. The minimum absolute atomic E-state index is 0.781. The molecule has 1 N–H and O–H groups in total. The molecule has 0 aliphatic heterocycles.